The second-order valence-corrected chi connectivity index (χ2v) is 5.34. The molecule has 1 aromatic heterocycles. The van der Waals surface area contributed by atoms with Gasteiger partial charge in [0.25, 0.3) is 0 Å². The molecule has 0 radical (unpaired) electrons. The van der Waals surface area contributed by atoms with Gasteiger partial charge in [0.2, 0.25) is 0 Å². The van der Waals surface area contributed by atoms with Crippen LogP contribution in [0.25, 0.3) is 11.0 Å². The van der Waals surface area contributed by atoms with E-state index in [1.54, 1.807) is 0 Å². The monoisotopic (exact) mass is 280 g/mol. The highest BCUT2D eigenvalue weighted by atomic mass is 16.3. The molecule has 0 fully saturated rings. The van der Waals surface area contributed by atoms with Crippen molar-refractivity contribution in [3.05, 3.63) is 66.0 Å². The first-order chi connectivity index (χ1) is 10.2. The summed E-state index contributed by atoms with van der Waals surface area (Å²) in [5.41, 5.74) is 3.00. The first-order valence-corrected chi connectivity index (χ1v) is 7.41. The minimum Gasteiger partial charge on any atom is -0.386 e. The Balaban J connectivity index is 2.07. The topological polar surface area (TPSA) is 38.0 Å². The van der Waals surface area contributed by atoms with Crippen molar-refractivity contribution in [1.82, 2.24) is 9.55 Å². The molecular weight excluding hydrogens is 260 g/mol. The van der Waals surface area contributed by atoms with Crippen molar-refractivity contribution >= 4 is 11.0 Å². The van der Waals surface area contributed by atoms with Crippen LogP contribution in [0.5, 0.6) is 0 Å². The molecule has 1 N–H and O–H groups in total. The number of nitrogens with zero attached hydrogens (tertiary/aromatic N) is 2. The molecule has 0 aliphatic carbocycles. The van der Waals surface area contributed by atoms with Crippen LogP contribution in [0.1, 0.15) is 37.4 Å². The van der Waals surface area contributed by atoms with Crippen molar-refractivity contribution in [2.75, 3.05) is 0 Å². The molecule has 0 spiro atoms. The van der Waals surface area contributed by atoms with Crippen molar-refractivity contribution in [3.63, 3.8) is 0 Å². The number of aliphatic hydroxyl groups is 1. The summed E-state index contributed by atoms with van der Waals surface area (Å²) in [6.45, 7) is 4.14. The van der Waals surface area contributed by atoms with Crippen LogP contribution in [0.15, 0.2) is 54.6 Å². The Hall–Kier alpha value is -2.13. The lowest BCUT2D eigenvalue weighted by molar-refractivity contribution is 0.122. The lowest BCUT2D eigenvalue weighted by Crippen LogP contribution is -2.17. The number of aliphatic hydroxyl groups excluding tert-OH is 1. The molecule has 108 valence electrons. The van der Waals surface area contributed by atoms with Crippen molar-refractivity contribution in [3.8, 4) is 0 Å². The smallest absolute Gasteiger partial charge is 0.109 e. The molecule has 0 saturated heterocycles. The molecule has 2 unspecified atom stereocenters. The lowest BCUT2D eigenvalue weighted by atomic mass is 10.0. The first-order valence-electron chi connectivity index (χ1n) is 7.41. The van der Waals surface area contributed by atoms with E-state index in [2.05, 4.69) is 22.5 Å². The van der Waals surface area contributed by atoms with E-state index in [1.807, 2.05) is 55.5 Å². The third-order valence-corrected chi connectivity index (χ3v) is 3.99. The molecule has 0 aliphatic rings. The first kappa shape index (κ1) is 13.8. The number of rotatable bonds is 4. The molecule has 0 amide bonds. The van der Waals surface area contributed by atoms with Crippen molar-refractivity contribution in [2.24, 2.45) is 0 Å². The molecular formula is C18H20N2O. The number of hydrogen-bond acceptors (Lipinski definition) is 2. The summed E-state index contributed by atoms with van der Waals surface area (Å²) < 4.78 is 2.16. The number of fused-ring (bicyclic) bond motifs is 1. The van der Waals surface area contributed by atoms with Crippen LogP contribution in [-0.4, -0.2) is 14.7 Å². The molecule has 0 bridgehead atoms. The van der Waals surface area contributed by atoms with Gasteiger partial charge in [-0.1, -0.05) is 49.4 Å². The zero-order valence-corrected chi connectivity index (χ0v) is 12.4. The van der Waals surface area contributed by atoms with Crippen LogP contribution >= 0.6 is 0 Å². The van der Waals surface area contributed by atoms with Crippen molar-refractivity contribution in [2.45, 2.75) is 32.4 Å². The molecule has 2 atom stereocenters. The maximum absolute atomic E-state index is 10.7. The standard InChI is InChI=1S/C18H20N2O/c1-3-17-19-15-11-7-8-12-16(15)20(17)13(2)18(21)14-9-5-4-6-10-14/h4-13,18,21H,3H2,1-2H3. The summed E-state index contributed by atoms with van der Waals surface area (Å²) in [5, 5.41) is 10.7. The van der Waals surface area contributed by atoms with Crippen LogP contribution in [0, 0.1) is 0 Å². The molecule has 1 heterocycles. The number of aryl methyl sites for hydroxylation is 1. The van der Waals surface area contributed by atoms with E-state index >= 15 is 0 Å². The predicted octanol–water partition coefficient (Wildman–Crippen LogP) is 3.89. The van der Waals surface area contributed by atoms with Crippen LogP contribution < -0.4 is 0 Å². The predicted molar refractivity (Wildman–Crippen MR) is 85.2 cm³/mol. The van der Waals surface area contributed by atoms with E-state index in [4.69, 9.17) is 0 Å². The number of benzene rings is 2. The van der Waals surface area contributed by atoms with Gasteiger partial charge in [0.1, 0.15) is 5.82 Å². The van der Waals surface area contributed by atoms with E-state index in [9.17, 15) is 5.11 Å². The molecule has 2 aromatic carbocycles. The van der Waals surface area contributed by atoms with Gasteiger partial charge in [-0.2, -0.15) is 0 Å². The van der Waals surface area contributed by atoms with E-state index in [0.29, 0.717) is 0 Å². The Bertz CT molecular complexity index is 733. The highest BCUT2D eigenvalue weighted by molar-refractivity contribution is 5.76. The highest BCUT2D eigenvalue weighted by Gasteiger charge is 2.22. The lowest BCUT2D eigenvalue weighted by Gasteiger charge is -2.23. The summed E-state index contributed by atoms with van der Waals surface area (Å²) in [5.74, 6) is 1.01. The fourth-order valence-corrected chi connectivity index (χ4v) is 2.87. The maximum Gasteiger partial charge on any atom is 0.109 e. The minimum atomic E-state index is -0.547. The summed E-state index contributed by atoms with van der Waals surface area (Å²) >= 11 is 0. The largest absolute Gasteiger partial charge is 0.386 e. The Morgan fingerprint density at radius 2 is 1.71 bits per heavy atom. The zero-order valence-electron chi connectivity index (χ0n) is 12.4. The van der Waals surface area contributed by atoms with Gasteiger partial charge in [0.15, 0.2) is 0 Å². The van der Waals surface area contributed by atoms with E-state index in [0.717, 1.165) is 28.8 Å². The maximum atomic E-state index is 10.7. The average Bonchev–Trinajstić information content (AvgIpc) is 2.92. The minimum absolute atomic E-state index is 0.0604. The normalized spacial score (nSPS) is 14.2. The summed E-state index contributed by atoms with van der Waals surface area (Å²) in [6, 6.07) is 17.8. The molecule has 3 rings (SSSR count). The fraction of sp³-hybridized carbons (Fsp3) is 0.278. The number of aromatic nitrogens is 2. The number of hydrogen-bond donors (Lipinski definition) is 1. The van der Waals surface area contributed by atoms with Gasteiger partial charge in [-0.25, -0.2) is 4.98 Å². The van der Waals surface area contributed by atoms with Gasteiger partial charge in [-0.05, 0) is 24.6 Å². The van der Waals surface area contributed by atoms with Gasteiger partial charge in [0.05, 0.1) is 23.2 Å². The molecule has 21 heavy (non-hydrogen) atoms. The Kier molecular flexibility index (Phi) is 3.76. The van der Waals surface area contributed by atoms with Gasteiger partial charge >= 0.3 is 0 Å². The average molecular weight is 280 g/mol. The SMILES string of the molecule is CCc1nc2ccccc2n1C(C)C(O)c1ccccc1. The second-order valence-electron chi connectivity index (χ2n) is 5.34. The van der Waals surface area contributed by atoms with Gasteiger partial charge in [-0.15, -0.1) is 0 Å². The summed E-state index contributed by atoms with van der Waals surface area (Å²) in [7, 11) is 0. The van der Waals surface area contributed by atoms with Gasteiger partial charge < -0.3 is 9.67 Å². The highest BCUT2D eigenvalue weighted by Crippen LogP contribution is 2.30. The third-order valence-electron chi connectivity index (χ3n) is 3.99. The summed E-state index contributed by atoms with van der Waals surface area (Å²) in [6.07, 6.45) is 0.301. The summed E-state index contributed by atoms with van der Waals surface area (Å²) in [4.78, 5) is 4.68. The Morgan fingerprint density at radius 3 is 2.43 bits per heavy atom. The molecule has 3 aromatic rings. The quantitative estimate of drug-likeness (QED) is 0.787. The number of imidazole rings is 1. The van der Waals surface area contributed by atoms with Crippen LogP contribution in [0.3, 0.4) is 0 Å². The van der Waals surface area contributed by atoms with Gasteiger partial charge in [0, 0.05) is 6.42 Å². The Labute approximate surface area is 124 Å². The molecule has 0 aliphatic heterocycles. The number of para-hydroxylation sites is 2. The Morgan fingerprint density at radius 1 is 1.05 bits per heavy atom. The molecule has 3 heteroatoms. The molecule has 3 nitrogen and oxygen atoms in total. The van der Waals surface area contributed by atoms with Crippen LogP contribution in [0.2, 0.25) is 0 Å². The van der Waals surface area contributed by atoms with Gasteiger partial charge in [-0.3, -0.25) is 0 Å². The van der Waals surface area contributed by atoms with Crippen LogP contribution in [-0.2, 0) is 6.42 Å². The van der Waals surface area contributed by atoms with E-state index < -0.39 is 6.10 Å². The third kappa shape index (κ3) is 2.45. The van der Waals surface area contributed by atoms with Crippen molar-refractivity contribution in [1.29, 1.82) is 0 Å². The van der Waals surface area contributed by atoms with Crippen molar-refractivity contribution < 1.29 is 5.11 Å². The van der Waals surface area contributed by atoms with E-state index in [-0.39, 0.29) is 6.04 Å². The molecule has 0 saturated carbocycles. The van der Waals surface area contributed by atoms with Crippen LogP contribution in [0.4, 0.5) is 0 Å². The van der Waals surface area contributed by atoms with E-state index in [1.165, 1.54) is 0 Å². The second kappa shape index (κ2) is 5.70. The zero-order chi connectivity index (χ0) is 14.8. The fourth-order valence-electron chi connectivity index (χ4n) is 2.87.